The summed E-state index contributed by atoms with van der Waals surface area (Å²) in [7, 11) is 0. The Morgan fingerprint density at radius 1 is 1.20 bits per heavy atom. The minimum atomic E-state index is -0.488. The van der Waals surface area contributed by atoms with E-state index in [9.17, 15) is 14.0 Å². The van der Waals surface area contributed by atoms with Crippen molar-refractivity contribution < 1.29 is 18.5 Å². The molecular weight excluding hydrogens is 389 g/mol. The highest BCUT2D eigenvalue weighted by molar-refractivity contribution is 6.02. The third-order valence-corrected chi connectivity index (χ3v) is 4.58. The first-order valence-corrected chi connectivity index (χ1v) is 9.33. The molecule has 0 fully saturated rings. The van der Waals surface area contributed by atoms with Gasteiger partial charge in [-0.2, -0.15) is 10.1 Å². The molecule has 0 saturated carbocycles. The molecule has 2 amide bonds. The Labute approximate surface area is 171 Å². The monoisotopic (exact) mass is 407 g/mol. The Morgan fingerprint density at radius 2 is 2.00 bits per heavy atom. The summed E-state index contributed by atoms with van der Waals surface area (Å²) in [6.07, 6.45) is 0.491. The standard InChI is InChI=1S/C21H18FN5O3/c1-13-7-8-15(22)11-17(13)23-18(28)12-27-19(29)10-9-16(25-27)21-24-20(26-30-21)14-5-3-2-4-6-14/h2-8,11H,9-10,12H2,1H3,(H,23,28). The van der Waals surface area contributed by atoms with Crippen LogP contribution in [-0.4, -0.2) is 39.2 Å². The average Bonchev–Trinajstić information content (AvgIpc) is 3.23. The van der Waals surface area contributed by atoms with Gasteiger partial charge in [-0.3, -0.25) is 9.59 Å². The largest absolute Gasteiger partial charge is 0.332 e. The number of anilines is 1. The highest BCUT2D eigenvalue weighted by atomic mass is 19.1. The maximum absolute atomic E-state index is 13.4. The minimum absolute atomic E-state index is 0.161. The van der Waals surface area contributed by atoms with Gasteiger partial charge >= 0.3 is 0 Å². The lowest BCUT2D eigenvalue weighted by molar-refractivity contribution is -0.135. The van der Waals surface area contributed by atoms with E-state index < -0.39 is 11.7 Å². The SMILES string of the molecule is Cc1ccc(F)cc1NC(=O)CN1N=C(c2nc(-c3ccccc3)no2)CCC1=O. The highest BCUT2D eigenvalue weighted by Crippen LogP contribution is 2.20. The molecule has 4 rings (SSSR count). The first-order chi connectivity index (χ1) is 14.5. The zero-order chi connectivity index (χ0) is 21.1. The molecule has 1 N–H and O–H groups in total. The smallest absolute Gasteiger partial charge is 0.274 e. The fourth-order valence-electron chi connectivity index (χ4n) is 2.98. The number of aryl methyl sites for hydroxylation is 1. The van der Waals surface area contributed by atoms with Crippen LogP contribution in [0.5, 0.6) is 0 Å². The van der Waals surface area contributed by atoms with Crippen LogP contribution in [0.15, 0.2) is 58.2 Å². The molecule has 8 nitrogen and oxygen atoms in total. The van der Waals surface area contributed by atoms with Gasteiger partial charge in [0.05, 0.1) is 0 Å². The number of hydrogen-bond acceptors (Lipinski definition) is 6. The van der Waals surface area contributed by atoms with Crippen molar-refractivity contribution in [2.45, 2.75) is 19.8 Å². The number of nitrogens with zero attached hydrogens (tertiary/aromatic N) is 4. The van der Waals surface area contributed by atoms with Crippen molar-refractivity contribution >= 4 is 23.2 Å². The molecule has 9 heteroatoms. The number of carbonyl (C=O) groups excluding carboxylic acids is 2. The van der Waals surface area contributed by atoms with E-state index in [2.05, 4.69) is 20.6 Å². The van der Waals surface area contributed by atoms with E-state index in [1.807, 2.05) is 30.3 Å². The van der Waals surface area contributed by atoms with Crippen molar-refractivity contribution in [1.82, 2.24) is 15.1 Å². The topological polar surface area (TPSA) is 101 Å². The molecule has 1 aliphatic rings. The summed E-state index contributed by atoms with van der Waals surface area (Å²) < 4.78 is 18.7. The summed E-state index contributed by atoms with van der Waals surface area (Å²) in [5.74, 6) is -0.634. The average molecular weight is 407 g/mol. The Hall–Kier alpha value is -3.88. The predicted octanol–water partition coefficient (Wildman–Crippen LogP) is 3.15. The summed E-state index contributed by atoms with van der Waals surface area (Å²) >= 11 is 0. The molecule has 0 bridgehead atoms. The molecule has 0 atom stereocenters. The predicted molar refractivity (Wildman–Crippen MR) is 107 cm³/mol. The lowest BCUT2D eigenvalue weighted by Crippen LogP contribution is -2.38. The molecule has 1 aromatic heterocycles. The first kappa shape index (κ1) is 19.4. The van der Waals surface area contributed by atoms with E-state index in [-0.39, 0.29) is 24.8 Å². The van der Waals surface area contributed by atoms with E-state index in [0.717, 1.165) is 10.6 Å². The maximum Gasteiger partial charge on any atom is 0.274 e. The second-order valence-corrected chi connectivity index (χ2v) is 6.79. The number of aromatic nitrogens is 2. The van der Waals surface area contributed by atoms with Crippen LogP contribution in [0, 0.1) is 12.7 Å². The van der Waals surface area contributed by atoms with Gasteiger partial charge in [0.25, 0.3) is 5.89 Å². The van der Waals surface area contributed by atoms with E-state index in [4.69, 9.17) is 4.52 Å². The van der Waals surface area contributed by atoms with Gasteiger partial charge in [0.15, 0.2) is 0 Å². The maximum atomic E-state index is 13.4. The molecule has 2 heterocycles. The molecular formula is C21H18FN5O3. The van der Waals surface area contributed by atoms with Crippen molar-refractivity contribution in [3.8, 4) is 11.4 Å². The highest BCUT2D eigenvalue weighted by Gasteiger charge is 2.26. The Morgan fingerprint density at radius 3 is 2.80 bits per heavy atom. The van der Waals surface area contributed by atoms with E-state index >= 15 is 0 Å². The second kappa shape index (κ2) is 8.24. The van der Waals surface area contributed by atoms with Crippen LogP contribution in [0.4, 0.5) is 10.1 Å². The van der Waals surface area contributed by atoms with Crippen LogP contribution in [-0.2, 0) is 9.59 Å². The van der Waals surface area contributed by atoms with Crippen molar-refractivity contribution in [1.29, 1.82) is 0 Å². The molecule has 0 aliphatic carbocycles. The minimum Gasteiger partial charge on any atom is -0.332 e. The number of amides is 2. The Balaban J connectivity index is 1.49. The van der Waals surface area contributed by atoms with Crippen molar-refractivity contribution in [3.63, 3.8) is 0 Å². The molecule has 0 saturated heterocycles. The molecule has 30 heavy (non-hydrogen) atoms. The second-order valence-electron chi connectivity index (χ2n) is 6.79. The van der Waals surface area contributed by atoms with E-state index in [0.29, 0.717) is 29.2 Å². The van der Waals surface area contributed by atoms with Crippen LogP contribution >= 0.6 is 0 Å². The van der Waals surface area contributed by atoms with Gasteiger partial charge in [-0.25, -0.2) is 9.40 Å². The number of rotatable bonds is 5. The van der Waals surface area contributed by atoms with Crippen LogP contribution in [0.3, 0.4) is 0 Å². The third-order valence-electron chi connectivity index (χ3n) is 4.58. The van der Waals surface area contributed by atoms with E-state index in [1.54, 1.807) is 13.0 Å². The quantitative estimate of drug-likeness (QED) is 0.700. The van der Waals surface area contributed by atoms with Crippen LogP contribution < -0.4 is 5.32 Å². The fourth-order valence-corrected chi connectivity index (χ4v) is 2.98. The first-order valence-electron chi connectivity index (χ1n) is 9.33. The third kappa shape index (κ3) is 4.24. The molecule has 1 aliphatic heterocycles. The van der Waals surface area contributed by atoms with Crippen LogP contribution in [0.25, 0.3) is 11.4 Å². The molecule has 0 unspecified atom stereocenters. The fraction of sp³-hybridized carbons (Fsp3) is 0.190. The normalized spacial score (nSPS) is 13.9. The van der Waals surface area contributed by atoms with Gasteiger partial charge in [-0.15, -0.1) is 0 Å². The number of carbonyl (C=O) groups is 2. The van der Waals surface area contributed by atoms with Gasteiger partial charge in [0.2, 0.25) is 17.6 Å². The number of halogens is 1. The molecule has 0 radical (unpaired) electrons. The van der Waals surface area contributed by atoms with Gasteiger partial charge in [0.1, 0.15) is 18.1 Å². The molecule has 2 aromatic carbocycles. The van der Waals surface area contributed by atoms with Crippen LogP contribution in [0.2, 0.25) is 0 Å². The van der Waals surface area contributed by atoms with Gasteiger partial charge in [-0.1, -0.05) is 41.6 Å². The van der Waals surface area contributed by atoms with Crippen molar-refractivity contribution in [2.75, 3.05) is 11.9 Å². The zero-order valence-electron chi connectivity index (χ0n) is 16.1. The van der Waals surface area contributed by atoms with Crippen molar-refractivity contribution in [2.24, 2.45) is 5.10 Å². The van der Waals surface area contributed by atoms with Crippen LogP contribution in [0.1, 0.15) is 24.3 Å². The Kier molecular flexibility index (Phi) is 5.34. The Bertz CT molecular complexity index is 1130. The summed E-state index contributed by atoms with van der Waals surface area (Å²) in [5.41, 5.74) is 2.27. The lowest BCUT2D eigenvalue weighted by atomic mass is 10.1. The number of nitrogens with one attached hydrogen (secondary N) is 1. The molecule has 0 spiro atoms. The number of hydrazone groups is 1. The summed E-state index contributed by atoms with van der Waals surface area (Å²) in [6, 6.07) is 13.4. The van der Waals surface area contributed by atoms with Gasteiger partial charge in [0, 0.05) is 24.1 Å². The van der Waals surface area contributed by atoms with Gasteiger partial charge in [-0.05, 0) is 24.6 Å². The summed E-state index contributed by atoms with van der Waals surface area (Å²) in [5, 5.41) is 11.9. The van der Waals surface area contributed by atoms with Gasteiger partial charge < -0.3 is 9.84 Å². The van der Waals surface area contributed by atoms with Crippen molar-refractivity contribution in [3.05, 3.63) is 65.8 Å². The zero-order valence-corrected chi connectivity index (χ0v) is 16.1. The van der Waals surface area contributed by atoms with E-state index in [1.165, 1.54) is 12.1 Å². The molecule has 3 aromatic rings. The summed E-state index contributed by atoms with van der Waals surface area (Å²) in [4.78, 5) is 28.9. The number of hydrogen-bond donors (Lipinski definition) is 1. The molecule has 152 valence electrons. The lowest BCUT2D eigenvalue weighted by Gasteiger charge is -2.22. The number of benzene rings is 2. The summed E-state index contributed by atoms with van der Waals surface area (Å²) in [6.45, 7) is 1.44.